The molecule has 6 N–H and O–H groups in total. The minimum atomic E-state index is -0.761. The lowest BCUT2D eigenvalue weighted by molar-refractivity contribution is 0.0898. The van der Waals surface area contributed by atoms with E-state index in [9.17, 15) is 19.8 Å². The van der Waals surface area contributed by atoms with E-state index in [1.807, 2.05) is 12.1 Å². The second kappa shape index (κ2) is 15.2. The number of aryl methyl sites for hydroxylation is 2. The first-order chi connectivity index (χ1) is 27.1. The molecular weight excluding hydrogens is 726 g/mol. The highest BCUT2D eigenvalue weighted by Crippen LogP contribution is 2.34. The van der Waals surface area contributed by atoms with Crippen LogP contribution in [0.1, 0.15) is 32.1 Å². The number of methoxy groups -OCH3 is 1. The summed E-state index contributed by atoms with van der Waals surface area (Å²) in [5, 5.41) is 53.8. The summed E-state index contributed by atoms with van der Waals surface area (Å²) in [6.45, 7) is 1.74. The molecule has 7 rings (SSSR count). The van der Waals surface area contributed by atoms with Crippen LogP contribution in [0.3, 0.4) is 0 Å². The molecule has 0 unspecified atom stereocenters. The van der Waals surface area contributed by atoms with E-state index >= 15 is 0 Å². The van der Waals surface area contributed by atoms with Gasteiger partial charge >= 0.3 is 6.01 Å². The number of anilines is 2. The van der Waals surface area contributed by atoms with Gasteiger partial charge in [0.05, 0.1) is 53.4 Å². The van der Waals surface area contributed by atoms with E-state index in [-0.39, 0.29) is 63.7 Å². The molecule has 0 amide bonds. The molecular formula is C34H31N17O5. The maximum atomic E-state index is 12.5. The number of benzene rings is 2. The number of nitrogens with zero attached hydrogens (tertiary/aromatic N) is 15. The van der Waals surface area contributed by atoms with Crippen LogP contribution in [0.25, 0.3) is 23.3 Å². The third-order valence-corrected chi connectivity index (χ3v) is 8.15. The van der Waals surface area contributed by atoms with Gasteiger partial charge in [-0.15, -0.1) is 20.5 Å². The van der Waals surface area contributed by atoms with Crippen molar-refractivity contribution in [2.75, 3.05) is 31.8 Å². The van der Waals surface area contributed by atoms with Crippen molar-refractivity contribution in [3.05, 3.63) is 95.6 Å². The number of para-hydroxylation sites is 2. The van der Waals surface area contributed by atoms with Crippen LogP contribution in [-0.2, 0) is 0 Å². The largest absolute Gasteiger partial charge is 0.467 e. The Morgan fingerprint density at radius 2 is 1.05 bits per heavy atom. The molecule has 0 aliphatic heterocycles. The van der Waals surface area contributed by atoms with E-state index in [1.54, 1.807) is 62.4 Å². The average molecular weight is 758 g/mol. The number of carbonyl (C=O) groups is 2. The van der Waals surface area contributed by atoms with Crippen LogP contribution in [-0.4, -0.2) is 96.2 Å². The van der Waals surface area contributed by atoms with Gasteiger partial charge < -0.3 is 26.4 Å². The minimum Gasteiger partial charge on any atom is -0.467 e. The van der Waals surface area contributed by atoms with Crippen molar-refractivity contribution < 1.29 is 24.5 Å². The van der Waals surface area contributed by atoms with Crippen LogP contribution in [0.4, 0.5) is 34.6 Å². The van der Waals surface area contributed by atoms with Crippen molar-refractivity contribution in [1.82, 2.24) is 54.1 Å². The zero-order valence-electron chi connectivity index (χ0n) is 29.8. The lowest BCUT2D eigenvalue weighted by Crippen LogP contribution is -2.14. The van der Waals surface area contributed by atoms with E-state index in [2.05, 4.69) is 55.8 Å². The highest BCUT2D eigenvalue weighted by atomic mass is 16.5. The molecule has 56 heavy (non-hydrogen) atoms. The number of hydrogen-bond donors (Lipinski definition) is 4. The van der Waals surface area contributed by atoms with Gasteiger partial charge in [-0.2, -0.15) is 44.7 Å². The number of aromatic nitrogens is 11. The number of ketones is 2. The van der Waals surface area contributed by atoms with Gasteiger partial charge in [0.25, 0.3) is 11.9 Å². The average Bonchev–Trinajstić information content (AvgIpc) is 3.99. The summed E-state index contributed by atoms with van der Waals surface area (Å²) in [5.74, 6) is -1.37. The summed E-state index contributed by atoms with van der Waals surface area (Å²) in [6, 6.07) is 17.7. The summed E-state index contributed by atoms with van der Waals surface area (Å²) >= 11 is 0. The molecule has 2 aromatic carbocycles. The molecule has 5 heterocycles. The Hall–Kier alpha value is -7.85. The van der Waals surface area contributed by atoms with Gasteiger partial charge in [0.1, 0.15) is 13.2 Å². The highest BCUT2D eigenvalue weighted by molar-refractivity contribution is 6.01. The third kappa shape index (κ3) is 6.74. The van der Waals surface area contributed by atoms with Gasteiger partial charge in [-0.25, -0.2) is 9.36 Å². The van der Waals surface area contributed by atoms with Crippen molar-refractivity contribution in [2.45, 2.75) is 13.8 Å². The molecule has 0 bridgehead atoms. The van der Waals surface area contributed by atoms with Gasteiger partial charge in [0.2, 0.25) is 0 Å². The van der Waals surface area contributed by atoms with Gasteiger partial charge in [-0.3, -0.25) is 9.59 Å². The van der Waals surface area contributed by atoms with E-state index < -0.39 is 24.8 Å². The number of carbonyl (C=O) groups excluding carboxylic acids is 2. The number of nitrogens with two attached hydrogens (primary N) is 2. The lowest BCUT2D eigenvalue weighted by atomic mass is 10.2. The molecule has 0 spiro atoms. The first-order valence-electron chi connectivity index (χ1n) is 16.5. The van der Waals surface area contributed by atoms with E-state index in [0.29, 0.717) is 22.8 Å². The molecule has 22 heteroatoms. The quantitative estimate of drug-likeness (QED) is 0.0966. The number of ether oxygens (including phenoxy) is 1. The molecule has 0 aliphatic rings. The van der Waals surface area contributed by atoms with Gasteiger partial charge in [-0.05, 0) is 38.1 Å². The number of azo groups is 2. The fourth-order valence-corrected chi connectivity index (χ4v) is 5.39. The van der Waals surface area contributed by atoms with Crippen LogP contribution < -0.4 is 16.2 Å². The molecule has 0 radical (unpaired) electrons. The SMILES string of the molecule is COc1nc(-n2nc(C)c(N=Nc3c(C(=O)CO)cnn3-c3ccccc3)c2N)nc(-n2nc(C)c(N=Nc3c(C(=O)CO)cnn3-c3ccccc3)c2N)n1. The zero-order valence-corrected chi connectivity index (χ0v) is 29.8. The van der Waals surface area contributed by atoms with Crippen molar-refractivity contribution in [3.63, 3.8) is 0 Å². The number of hydrogen-bond acceptors (Lipinski definition) is 18. The second-order valence-electron chi connectivity index (χ2n) is 11.7. The normalized spacial score (nSPS) is 11.6. The van der Waals surface area contributed by atoms with Crippen molar-refractivity contribution in [3.8, 4) is 29.3 Å². The minimum absolute atomic E-state index is 0.0337. The Bertz CT molecular complexity index is 2470. The Labute approximate surface area is 315 Å². The zero-order chi connectivity index (χ0) is 39.5. The molecule has 0 saturated heterocycles. The summed E-state index contributed by atoms with van der Waals surface area (Å²) in [5.41, 5.74) is 15.2. The molecule has 22 nitrogen and oxygen atoms in total. The number of nitrogen functional groups attached to an aromatic ring is 2. The lowest BCUT2D eigenvalue weighted by Gasteiger charge is -2.08. The maximum Gasteiger partial charge on any atom is 0.322 e. The number of aliphatic hydroxyl groups excluding tert-OH is 2. The van der Waals surface area contributed by atoms with Gasteiger partial charge in [0.15, 0.2) is 46.2 Å². The Kier molecular flexibility index (Phi) is 9.94. The first kappa shape index (κ1) is 36.5. The van der Waals surface area contributed by atoms with E-state index in [1.165, 1.54) is 38.2 Å². The topological polar surface area (TPSA) is 295 Å². The monoisotopic (exact) mass is 757 g/mol. The molecule has 0 fully saturated rings. The predicted octanol–water partition coefficient (Wildman–Crippen LogP) is 3.59. The van der Waals surface area contributed by atoms with Gasteiger partial charge in [0, 0.05) is 0 Å². The second-order valence-corrected chi connectivity index (χ2v) is 11.7. The molecule has 0 aliphatic carbocycles. The Morgan fingerprint density at radius 1 is 0.643 bits per heavy atom. The van der Waals surface area contributed by atoms with Gasteiger partial charge in [-0.1, -0.05) is 36.4 Å². The van der Waals surface area contributed by atoms with Crippen LogP contribution in [0.5, 0.6) is 6.01 Å². The van der Waals surface area contributed by atoms with Crippen LogP contribution in [0.2, 0.25) is 0 Å². The molecule has 282 valence electrons. The number of Topliss-reactive ketones (excluding diaryl/α,β-unsaturated/α-hetero) is 2. The first-order valence-corrected chi connectivity index (χ1v) is 16.5. The van der Waals surface area contributed by atoms with E-state index in [0.717, 1.165) is 0 Å². The maximum absolute atomic E-state index is 12.5. The summed E-state index contributed by atoms with van der Waals surface area (Å²) in [4.78, 5) is 38.2. The van der Waals surface area contributed by atoms with E-state index in [4.69, 9.17) is 16.2 Å². The smallest absolute Gasteiger partial charge is 0.322 e. The van der Waals surface area contributed by atoms with Crippen molar-refractivity contribution >= 4 is 46.2 Å². The highest BCUT2D eigenvalue weighted by Gasteiger charge is 2.24. The fourth-order valence-electron chi connectivity index (χ4n) is 5.39. The van der Waals surface area contributed by atoms with Crippen LogP contribution in [0, 0.1) is 13.8 Å². The Morgan fingerprint density at radius 3 is 1.43 bits per heavy atom. The van der Waals surface area contributed by atoms with Crippen molar-refractivity contribution in [2.24, 2.45) is 20.5 Å². The molecule has 0 atom stereocenters. The molecule has 7 aromatic rings. The molecule has 0 saturated carbocycles. The number of aliphatic hydroxyl groups is 2. The number of rotatable bonds is 13. The molecule has 5 aromatic heterocycles. The predicted molar refractivity (Wildman–Crippen MR) is 197 cm³/mol. The Balaban J connectivity index is 1.25. The summed E-state index contributed by atoms with van der Waals surface area (Å²) in [7, 11) is 1.35. The summed E-state index contributed by atoms with van der Waals surface area (Å²) in [6.07, 6.45) is 2.59. The third-order valence-electron chi connectivity index (χ3n) is 8.15. The fraction of sp³-hybridized carbons (Fsp3) is 0.147. The summed E-state index contributed by atoms with van der Waals surface area (Å²) < 4.78 is 10.5. The van der Waals surface area contributed by atoms with Crippen molar-refractivity contribution in [1.29, 1.82) is 0 Å². The standard InChI is InChI=1S/C34H31N17O5/c1-18-26(42-44-30-22(24(54)16-52)14-37-48(30)20-10-6-4-7-11-20)28(35)50(46-18)32-39-33(41-34(40-32)56-3)51-29(36)27(19(2)47-51)43-45-31-23(25(55)17-53)15-38-49(31)21-12-8-5-9-13-21/h4-15,52-53H,16-17,35-36H2,1-3H3. The van der Waals surface area contributed by atoms with Crippen LogP contribution >= 0.6 is 0 Å². The van der Waals surface area contributed by atoms with Crippen LogP contribution in [0.15, 0.2) is 93.5 Å².